The molecule has 0 aliphatic carbocycles. The third kappa shape index (κ3) is 15.8. The van der Waals surface area contributed by atoms with Crippen LogP contribution in [0.3, 0.4) is 0 Å². The first kappa shape index (κ1) is 16.5. The van der Waals surface area contributed by atoms with E-state index in [0.717, 1.165) is 0 Å². The molecular formula is C6H10F5NO3. The van der Waals surface area contributed by atoms with Crippen LogP contribution < -0.4 is 5.73 Å². The molecule has 0 aromatic heterocycles. The minimum Gasteiger partial charge on any atom is -0.475 e. The predicted octanol–water partition coefficient (Wildman–Crippen LogP) is 1.21. The van der Waals surface area contributed by atoms with Gasteiger partial charge in [-0.15, -0.1) is 0 Å². The Balaban J connectivity index is 0. The number of carboxylic acids is 1. The van der Waals surface area contributed by atoms with Crippen molar-refractivity contribution in [1.82, 2.24) is 0 Å². The van der Waals surface area contributed by atoms with Gasteiger partial charge in [-0.05, 0) is 6.92 Å². The summed E-state index contributed by atoms with van der Waals surface area (Å²) in [5, 5.41) is 7.12. The van der Waals surface area contributed by atoms with Crippen molar-refractivity contribution in [3.63, 3.8) is 0 Å². The number of ether oxygens (including phenoxy) is 1. The predicted molar refractivity (Wildman–Crippen MR) is 39.3 cm³/mol. The zero-order chi connectivity index (χ0) is 12.6. The molecule has 3 N–H and O–H groups in total. The first-order valence-electron chi connectivity index (χ1n) is 3.52. The first-order chi connectivity index (χ1) is 6.57. The maximum atomic E-state index is 11.1. The van der Waals surface area contributed by atoms with Gasteiger partial charge in [0.2, 0.25) is 0 Å². The number of alkyl halides is 5. The Hall–Kier alpha value is -0.960. The van der Waals surface area contributed by atoms with E-state index in [1.165, 1.54) is 0 Å². The van der Waals surface area contributed by atoms with Crippen molar-refractivity contribution in [2.24, 2.45) is 5.73 Å². The standard InChI is InChI=1S/C4H9F2NO.C2HF3O2/c1-3(7)2-8-4(5)6;3-2(4,5)1(6)7/h3-4H,2,7H2,1H3;(H,6,7). The van der Waals surface area contributed by atoms with Crippen molar-refractivity contribution >= 4 is 5.97 Å². The summed E-state index contributed by atoms with van der Waals surface area (Å²) in [7, 11) is 0. The van der Waals surface area contributed by atoms with E-state index in [-0.39, 0.29) is 12.6 Å². The Bertz CT molecular complexity index is 174. The molecule has 0 heterocycles. The molecule has 1 atom stereocenters. The Labute approximate surface area is 81.8 Å². The number of nitrogens with two attached hydrogens (primary N) is 1. The highest BCUT2D eigenvalue weighted by molar-refractivity contribution is 5.73. The van der Waals surface area contributed by atoms with Gasteiger partial charge in [-0.2, -0.15) is 22.0 Å². The average Bonchev–Trinajstić information content (AvgIpc) is 2.00. The summed E-state index contributed by atoms with van der Waals surface area (Å²) in [4.78, 5) is 8.90. The molecule has 0 aromatic carbocycles. The topological polar surface area (TPSA) is 72.5 Å². The zero-order valence-corrected chi connectivity index (χ0v) is 7.59. The third-order valence-corrected chi connectivity index (χ3v) is 0.728. The van der Waals surface area contributed by atoms with Crippen molar-refractivity contribution in [1.29, 1.82) is 0 Å². The Morgan fingerprint density at radius 3 is 1.87 bits per heavy atom. The SMILES string of the molecule is CC(N)COC(F)F.O=C(O)C(F)(F)F. The largest absolute Gasteiger partial charge is 0.490 e. The molecule has 0 amide bonds. The third-order valence-electron chi connectivity index (χ3n) is 0.728. The van der Waals surface area contributed by atoms with Crippen molar-refractivity contribution < 1.29 is 36.6 Å². The minimum atomic E-state index is -5.08. The summed E-state index contributed by atoms with van der Waals surface area (Å²) in [6.07, 6.45) is -5.08. The average molecular weight is 239 g/mol. The van der Waals surface area contributed by atoms with Gasteiger partial charge in [0.25, 0.3) is 0 Å². The normalized spacial score (nSPS) is 13.1. The van der Waals surface area contributed by atoms with E-state index in [1.807, 2.05) is 0 Å². The van der Waals surface area contributed by atoms with Gasteiger partial charge in [0, 0.05) is 6.04 Å². The highest BCUT2D eigenvalue weighted by Gasteiger charge is 2.38. The van der Waals surface area contributed by atoms with Crippen LogP contribution in [0.5, 0.6) is 0 Å². The lowest BCUT2D eigenvalue weighted by atomic mass is 10.4. The molecule has 0 bridgehead atoms. The van der Waals surface area contributed by atoms with E-state index in [4.69, 9.17) is 15.6 Å². The molecule has 0 rings (SSSR count). The number of halogens is 5. The van der Waals surface area contributed by atoms with E-state index in [0.29, 0.717) is 0 Å². The van der Waals surface area contributed by atoms with Crippen molar-refractivity contribution in [2.45, 2.75) is 25.8 Å². The van der Waals surface area contributed by atoms with Crippen LogP contribution in [-0.2, 0) is 9.53 Å². The minimum absolute atomic E-state index is 0.0856. The van der Waals surface area contributed by atoms with Gasteiger partial charge in [0.1, 0.15) is 0 Å². The quantitative estimate of drug-likeness (QED) is 0.726. The first-order valence-corrected chi connectivity index (χ1v) is 3.52. The highest BCUT2D eigenvalue weighted by Crippen LogP contribution is 2.13. The van der Waals surface area contributed by atoms with Crippen LogP contribution in [0.4, 0.5) is 22.0 Å². The molecule has 0 saturated heterocycles. The summed E-state index contributed by atoms with van der Waals surface area (Å²) >= 11 is 0. The number of carboxylic acid groups (broad SMARTS) is 1. The second-order valence-electron chi connectivity index (χ2n) is 2.37. The van der Waals surface area contributed by atoms with Crippen LogP contribution in [0.1, 0.15) is 6.92 Å². The molecule has 0 fully saturated rings. The highest BCUT2D eigenvalue weighted by atomic mass is 19.4. The lowest BCUT2D eigenvalue weighted by molar-refractivity contribution is -0.192. The molecule has 0 spiro atoms. The Morgan fingerprint density at radius 1 is 1.47 bits per heavy atom. The molecule has 0 radical (unpaired) electrons. The summed E-state index contributed by atoms with van der Waals surface area (Å²) in [5.41, 5.74) is 5.08. The van der Waals surface area contributed by atoms with Crippen molar-refractivity contribution in [3.05, 3.63) is 0 Å². The van der Waals surface area contributed by atoms with E-state index in [2.05, 4.69) is 4.74 Å². The van der Waals surface area contributed by atoms with E-state index >= 15 is 0 Å². The summed E-state index contributed by atoms with van der Waals surface area (Å²) in [5.74, 6) is -2.76. The number of hydrogen-bond donors (Lipinski definition) is 2. The summed E-state index contributed by atoms with van der Waals surface area (Å²) in [6, 6.07) is -0.316. The van der Waals surface area contributed by atoms with Gasteiger partial charge in [0.15, 0.2) is 0 Å². The molecule has 92 valence electrons. The molecule has 0 aromatic rings. The number of hydrogen-bond acceptors (Lipinski definition) is 3. The van der Waals surface area contributed by atoms with Crippen LogP contribution in [0.2, 0.25) is 0 Å². The Kier molecular flexibility index (Phi) is 8.07. The fourth-order valence-corrected chi connectivity index (χ4v) is 0.225. The fraction of sp³-hybridized carbons (Fsp3) is 0.833. The second kappa shape index (κ2) is 7.35. The van der Waals surface area contributed by atoms with E-state index < -0.39 is 18.8 Å². The van der Waals surface area contributed by atoms with Crippen LogP contribution in [-0.4, -0.2) is 36.5 Å². The zero-order valence-electron chi connectivity index (χ0n) is 7.59. The molecular weight excluding hydrogens is 229 g/mol. The molecule has 0 aliphatic heterocycles. The molecule has 0 aliphatic rings. The van der Waals surface area contributed by atoms with E-state index in [9.17, 15) is 22.0 Å². The van der Waals surface area contributed by atoms with Gasteiger partial charge in [-0.3, -0.25) is 0 Å². The van der Waals surface area contributed by atoms with Crippen LogP contribution in [0, 0.1) is 0 Å². The van der Waals surface area contributed by atoms with Gasteiger partial charge in [0.05, 0.1) is 6.61 Å². The smallest absolute Gasteiger partial charge is 0.475 e. The lowest BCUT2D eigenvalue weighted by Gasteiger charge is -2.03. The number of carbonyl (C=O) groups is 1. The monoisotopic (exact) mass is 239 g/mol. The maximum Gasteiger partial charge on any atom is 0.490 e. The van der Waals surface area contributed by atoms with Crippen LogP contribution in [0.25, 0.3) is 0 Å². The number of rotatable bonds is 3. The summed E-state index contributed by atoms with van der Waals surface area (Å²) < 4.78 is 57.8. The van der Waals surface area contributed by atoms with Crippen LogP contribution in [0.15, 0.2) is 0 Å². The second-order valence-corrected chi connectivity index (χ2v) is 2.37. The van der Waals surface area contributed by atoms with Gasteiger partial charge < -0.3 is 15.6 Å². The molecule has 15 heavy (non-hydrogen) atoms. The fourth-order valence-electron chi connectivity index (χ4n) is 0.225. The van der Waals surface area contributed by atoms with Crippen molar-refractivity contribution in [3.8, 4) is 0 Å². The number of aliphatic carboxylic acids is 1. The molecule has 0 saturated carbocycles. The molecule has 4 nitrogen and oxygen atoms in total. The van der Waals surface area contributed by atoms with Gasteiger partial charge >= 0.3 is 18.8 Å². The Morgan fingerprint density at radius 2 is 1.80 bits per heavy atom. The summed E-state index contributed by atoms with van der Waals surface area (Å²) in [6.45, 7) is -1.18. The molecule has 9 heteroatoms. The van der Waals surface area contributed by atoms with E-state index in [1.54, 1.807) is 6.92 Å². The molecule has 1 unspecified atom stereocenters. The maximum absolute atomic E-state index is 11.1. The van der Waals surface area contributed by atoms with Crippen molar-refractivity contribution in [2.75, 3.05) is 6.61 Å². The van der Waals surface area contributed by atoms with Gasteiger partial charge in [-0.1, -0.05) is 0 Å². The lowest BCUT2D eigenvalue weighted by Crippen LogP contribution is -2.23. The van der Waals surface area contributed by atoms with Gasteiger partial charge in [-0.25, -0.2) is 4.79 Å². The van der Waals surface area contributed by atoms with Crippen LogP contribution >= 0.6 is 0 Å².